The van der Waals surface area contributed by atoms with E-state index in [4.69, 9.17) is 10.5 Å². The zero-order valence-corrected chi connectivity index (χ0v) is 12.6. The number of carbonyl (C=O) groups excluding carboxylic acids is 1. The minimum atomic E-state index is -0.338. The Morgan fingerprint density at radius 2 is 1.64 bits per heavy atom. The van der Waals surface area contributed by atoms with Gasteiger partial charge in [0.25, 0.3) is 0 Å². The number of esters is 1. The fourth-order valence-electron chi connectivity index (χ4n) is 2.67. The van der Waals surface area contributed by atoms with Gasteiger partial charge in [-0.3, -0.25) is 0 Å². The van der Waals surface area contributed by atoms with Gasteiger partial charge in [-0.25, -0.2) is 4.79 Å². The standard InChI is InChI=1S/C19H21NO2/c20-13-16-4-8-17(9-5-16)19(21)22-18-10-6-15(7-11-18)12-14-2-1-3-14/h4-11,14H,1-3,12-13,20H2. The molecule has 1 aliphatic rings. The number of hydrogen-bond acceptors (Lipinski definition) is 3. The van der Waals surface area contributed by atoms with Crippen LogP contribution in [0.2, 0.25) is 0 Å². The molecule has 0 unspecified atom stereocenters. The molecule has 0 aliphatic heterocycles. The van der Waals surface area contributed by atoms with Gasteiger partial charge in [0, 0.05) is 6.54 Å². The summed E-state index contributed by atoms with van der Waals surface area (Å²) in [5.41, 5.74) is 8.40. The summed E-state index contributed by atoms with van der Waals surface area (Å²) in [6.07, 6.45) is 5.18. The van der Waals surface area contributed by atoms with Gasteiger partial charge in [0.2, 0.25) is 0 Å². The maximum absolute atomic E-state index is 12.1. The van der Waals surface area contributed by atoms with Crippen molar-refractivity contribution < 1.29 is 9.53 Å². The van der Waals surface area contributed by atoms with Crippen molar-refractivity contribution >= 4 is 5.97 Å². The molecule has 2 aromatic rings. The summed E-state index contributed by atoms with van der Waals surface area (Å²) in [5, 5.41) is 0. The lowest BCUT2D eigenvalue weighted by Crippen LogP contribution is -2.13. The Balaban J connectivity index is 1.60. The zero-order chi connectivity index (χ0) is 15.4. The van der Waals surface area contributed by atoms with Crippen LogP contribution in [-0.4, -0.2) is 5.97 Å². The molecular weight excluding hydrogens is 274 g/mol. The van der Waals surface area contributed by atoms with Gasteiger partial charge in [0.15, 0.2) is 0 Å². The molecule has 3 rings (SSSR count). The predicted molar refractivity (Wildman–Crippen MR) is 86.8 cm³/mol. The van der Waals surface area contributed by atoms with E-state index in [1.165, 1.54) is 24.8 Å². The van der Waals surface area contributed by atoms with Crippen molar-refractivity contribution in [2.75, 3.05) is 0 Å². The van der Waals surface area contributed by atoms with Crippen LogP contribution in [0.4, 0.5) is 0 Å². The number of benzene rings is 2. The van der Waals surface area contributed by atoms with Gasteiger partial charge in [-0.1, -0.05) is 43.5 Å². The summed E-state index contributed by atoms with van der Waals surface area (Å²) in [5.74, 6) is 1.09. The molecule has 114 valence electrons. The molecular formula is C19H21NO2. The highest BCUT2D eigenvalue weighted by molar-refractivity contribution is 5.91. The van der Waals surface area contributed by atoms with Crippen LogP contribution in [0.3, 0.4) is 0 Å². The monoisotopic (exact) mass is 295 g/mol. The number of nitrogens with two attached hydrogens (primary N) is 1. The van der Waals surface area contributed by atoms with Crippen LogP contribution in [0, 0.1) is 5.92 Å². The van der Waals surface area contributed by atoms with Gasteiger partial charge >= 0.3 is 5.97 Å². The van der Waals surface area contributed by atoms with Crippen LogP contribution in [-0.2, 0) is 13.0 Å². The van der Waals surface area contributed by atoms with Crippen molar-refractivity contribution in [1.82, 2.24) is 0 Å². The Morgan fingerprint density at radius 1 is 1.00 bits per heavy atom. The molecule has 2 N–H and O–H groups in total. The van der Waals surface area contributed by atoms with E-state index in [1.807, 2.05) is 24.3 Å². The highest BCUT2D eigenvalue weighted by Gasteiger charge is 2.17. The first kappa shape index (κ1) is 14.8. The van der Waals surface area contributed by atoms with E-state index in [9.17, 15) is 4.79 Å². The van der Waals surface area contributed by atoms with E-state index in [2.05, 4.69) is 12.1 Å². The maximum Gasteiger partial charge on any atom is 0.343 e. The largest absolute Gasteiger partial charge is 0.423 e. The molecule has 22 heavy (non-hydrogen) atoms. The fourth-order valence-corrected chi connectivity index (χ4v) is 2.67. The van der Waals surface area contributed by atoms with E-state index in [-0.39, 0.29) is 5.97 Å². The lowest BCUT2D eigenvalue weighted by molar-refractivity contribution is 0.0734. The van der Waals surface area contributed by atoms with E-state index in [1.54, 1.807) is 12.1 Å². The SMILES string of the molecule is NCc1ccc(C(=O)Oc2ccc(CC3CCC3)cc2)cc1. The molecule has 0 saturated heterocycles. The third kappa shape index (κ3) is 3.55. The molecule has 1 fully saturated rings. The van der Waals surface area contributed by atoms with Gasteiger partial charge in [0.1, 0.15) is 5.75 Å². The Bertz CT molecular complexity index is 627. The highest BCUT2D eigenvalue weighted by atomic mass is 16.5. The molecule has 1 saturated carbocycles. The van der Waals surface area contributed by atoms with Crippen LogP contribution < -0.4 is 10.5 Å². The second-order valence-electron chi connectivity index (χ2n) is 5.94. The van der Waals surface area contributed by atoms with Crippen molar-refractivity contribution in [3.8, 4) is 5.75 Å². The third-order valence-corrected chi connectivity index (χ3v) is 4.31. The quantitative estimate of drug-likeness (QED) is 0.676. The first-order chi connectivity index (χ1) is 10.7. The van der Waals surface area contributed by atoms with Gasteiger partial charge in [-0.05, 0) is 47.7 Å². The Kier molecular flexibility index (Phi) is 4.54. The molecule has 0 atom stereocenters. The molecule has 2 aromatic carbocycles. The van der Waals surface area contributed by atoms with E-state index >= 15 is 0 Å². The van der Waals surface area contributed by atoms with Gasteiger partial charge in [-0.15, -0.1) is 0 Å². The van der Waals surface area contributed by atoms with Crippen LogP contribution in [0.15, 0.2) is 48.5 Å². The zero-order valence-electron chi connectivity index (χ0n) is 12.6. The summed E-state index contributed by atoms with van der Waals surface area (Å²) >= 11 is 0. The van der Waals surface area contributed by atoms with Gasteiger partial charge < -0.3 is 10.5 Å². The average Bonchev–Trinajstić information content (AvgIpc) is 2.52. The van der Waals surface area contributed by atoms with Crippen LogP contribution in [0.25, 0.3) is 0 Å². The molecule has 1 aliphatic carbocycles. The molecule has 3 nitrogen and oxygen atoms in total. The van der Waals surface area contributed by atoms with E-state index in [0.717, 1.165) is 17.9 Å². The summed E-state index contributed by atoms with van der Waals surface area (Å²) in [7, 11) is 0. The minimum Gasteiger partial charge on any atom is -0.423 e. The minimum absolute atomic E-state index is 0.338. The number of rotatable bonds is 5. The molecule has 0 aromatic heterocycles. The van der Waals surface area contributed by atoms with Gasteiger partial charge in [-0.2, -0.15) is 0 Å². The first-order valence-corrected chi connectivity index (χ1v) is 7.85. The smallest absolute Gasteiger partial charge is 0.343 e. The van der Waals surface area contributed by atoms with Crippen molar-refractivity contribution in [3.05, 3.63) is 65.2 Å². The molecule has 3 heteroatoms. The lowest BCUT2D eigenvalue weighted by Gasteiger charge is -2.25. The Hall–Kier alpha value is -2.13. The lowest BCUT2D eigenvalue weighted by atomic mass is 9.81. The number of hydrogen-bond donors (Lipinski definition) is 1. The molecule has 0 heterocycles. The molecule has 0 spiro atoms. The molecule has 0 bridgehead atoms. The normalized spacial score (nSPS) is 14.4. The number of ether oxygens (including phenoxy) is 1. The van der Waals surface area contributed by atoms with E-state index in [0.29, 0.717) is 17.9 Å². The second-order valence-corrected chi connectivity index (χ2v) is 5.94. The average molecular weight is 295 g/mol. The van der Waals surface area contributed by atoms with Crippen molar-refractivity contribution in [2.45, 2.75) is 32.2 Å². The van der Waals surface area contributed by atoms with Crippen LogP contribution in [0.5, 0.6) is 5.75 Å². The predicted octanol–water partition coefficient (Wildman–Crippen LogP) is 3.71. The van der Waals surface area contributed by atoms with Crippen molar-refractivity contribution in [3.63, 3.8) is 0 Å². The van der Waals surface area contributed by atoms with E-state index < -0.39 is 0 Å². The Morgan fingerprint density at radius 3 is 2.18 bits per heavy atom. The highest BCUT2D eigenvalue weighted by Crippen LogP contribution is 2.30. The fraction of sp³-hybridized carbons (Fsp3) is 0.316. The Labute approximate surface area is 131 Å². The summed E-state index contributed by atoms with van der Waals surface area (Å²) in [4.78, 5) is 12.1. The number of carbonyl (C=O) groups is 1. The summed E-state index contributed by atoms with van der Waals surface area (Å²) in [6.45, 7) is 0.470. The topological polar surface area (TPSA) is 52.3 Å². The van der Waals surface area contributed by atoms with Crippen molar-refractivity contribution in [2.24, 2.45) is 11.7 Å². The van der Waals surface area contributed by atoms with Crippen molar-refractivity contribution in [1.29, 1.82) is 0 Å². The molecule has 0 radical (unpaired) electrons. The maximum atomic E-state index is 12.1. The summed E-state index contributed by atoms with van der Waals surface area (Å²) < 4.78 is 5.40. The van der Waals surface area contributed by atoms with Crippen LogP contribution >= 0.6 is 0 Å². The third-order valence-electron chi connectivity index (χ3n) is 4.31. The second kappa shape index (κ2) is 6.75. The molecule has 0 amide bonds. The first-order valence-electron chi connectivity index (χ1n) is 7.85. The van der Waals surface area contributed by atoms with Gasteiger partial charge in [0.05, 0.1) is 5.56 Å². The van der Waals surface area contributed by atoms with Crippen LogP contribution in [0.1, 0.15) is 40.7 Å². The summed E-state index contributed by atoms with van der Waals surface area (Å²) in [6, 6.07) is 15.0.